The van der Waals surface area contributed by atoms with Gasteiger partial charge in [0.15, 0.2) is 0 Å². The van der Waals surface area contributed by atoms with Gasteiger partial charge in [-0.15, -0.1) is 0 Å². The number of carbonyl (C=O) groups excluding carboxylic acids is 1. The van der Waals surface area contributed by atoms with Crippen LogP contribution in [0.15, 0.2) is 46.7 Å². The van der Waals surface area contributed by atoms with Crippen LogP contribution in [0.5, 0.6) is 0 Å². The molecular formula is C21H36BClN2O3. The van der Waals surface area contributed by atoms with Gasteiger partial charge in [0.25, 0.3) is 0 Å². The van der Waals surface area contributed by atoms with Gasteiger partial charge in [-0.1, -0.05) is 36.8 Å². The first-order chi connectivity index (χ1) is 12.7. The fraction of sp³-hybridized carbons (Fsp3) is 0.571. The van der Waals surface area contributed by atoms with Crippen LogP contribution >= 0.6 is 11.6 Å². The van der Waals surface area contributed by atoms with Gasteiger partial charge in [0, 0.05) is 30.2 Å². The molecule has 0 aromatic rings. The zero-order chi connectivity index (χ0) is 22.3. The third-order valence-corrected chi connectivity index (χ3v) is 5.13. The highest BCUT2D eigenvalue weighted by Gasteiger charge is 2.52. The minimum atomic E-state index is -0.368. The van der Waals surface area contributed by atoms with Crippen molar-refractivity contribution in [2.24, 2.45) is 5.73 Å². The number of nitrogens with zero attached hydrogens (tertiary/aromatic N) is 1. The van der Waals surface area contributed by atoms with Crippen LogP contribution in [0.3, 0.4) is 0 Å². The maximum absolute atomic E-state index is 10.8. The number of carbonyl (C=O) groups is 1. The molecule has 1 aliphatic rings. The Bertz CT molecular complexity index is 651. The highest BCUT2D eigenvalue weighted by atomic mass is 35.5. The lowest BCUT2D eigenvalue weighted by molar-refractivity contribution is -0.125. The normalized spacial score (nSPS) is 19.1. The first-order valence-electron chi connectivity index (χ1n) is 9.41. The van der Waals surface area contributed by atoms with Gasteiger partial charge < -0.3 is 19.9 Å². The van der Waals surface area contributed by atoms with Gasteiger partial charge in [0.2, 0.25) is 5.91 Å². The molecular weight excluding hydrogens is 375 g/mol. The van der Waals surface area contributed by atoms with E-state index < -0.39 is 0 Å². The monoisotopic (exact) mass is 410 g/mol. The first-order valence-corrected chi connectivity index (χ1v) is 9.79. The Hall–Kier alpha value is -1.50. The van der Waals surface area contributed by atoms with E-state index in [-0.39, 0.29) is 24.2 Å². The second-order valence-corrected chi connectivity index (χ2v) is 8.30. The molecule has 0 bridgehead atoms. The molecule has 7 heteroatoms. The molecule has 158 valence electrons. The van der Waals surface area contributed by atoms with Gasteiger partial charge in [-0.2, -0.15) is 0 Å². The molecule has 1 saturated heterocycles. The Morgan fingerprint density at radius 2 is 1.64 bits per heavy atom. The minimum absolute atomic E-state index is 0.0170. The van der Waals surface area contributed by atoms with Crippen molar-refractivity contribution in [2.75, 3.05) is 7.05 Å². The molecule has 1 fully saturated rings. The molecule has 0 aliphatic carbocycles. The highest BCUT2D eigenvalue weighted by molar-refractivity contribution is 6.56. The fourth-order valence-corrected chi connectivity index (χ4v) is 2.52. The topological polar surface area (TPSA) is 64.8 Å². The fourth-order valence-electron chi connectivity index (χ4n) is 2.36. The minimum Gasteiger partial charge on any atom is -0.405 e. The third-order valence-electron chi connectivity index (χ3n) is 5.02. The van der Waals surface area contributed by atoms with Crippen molar-refractivity contribution in [2.45, 2.75) is 73.0 Å². The maximum Gasteiger partial charge on any atom is 0.496 e. The SMILES string of the molecule is C=C(Cl)/C=C(\C)N(C)C(C)=O.CC/C=C(C)\C(=C/N)B1OC(C)(C)C(C)(C)O1. The van der Waals surface area contributed by atoms with Crippen LogP contribution in [0.4, 0.5) is 0 Å². The summed E-state index contributed by atoms with van der Waals surface area (Å²) in [5.74, 6) is -0.0170. The zero-order valence-corrected chi connectivity index (χ0v) is 19.6. The lowest BCUT2D eigenvalue weighted by atomic mass is 9.74. The summed E-state index contributed by atoms with van der Waals surface area (Å²) in [6, 6.07) is 0. The average Bonchev–Trinajstić information content (AvgIpc) is 2.75. The molecule has 0 aromatic heterocycles. The number of nitrogens with two attached hydrogens (primary N) is 1. The molecule has 0 atom stereocenters. The summed E-state index contributed by atoms with van der Waals surface area (Å²) < 4.78 is 11.9. The van der Waals surface area contributed by atoms with Crippen LogP contribution in [0.1, 0.15) is 61.8 Å². The molecule has 0 radical (unpaired) electrons. The van der Waals surface area contributed by atoms with Crippen molar-refractivity contribution in [1.29, 1.82) is 0 Å². The largest absolute Gasteiger partial charge is 0.496 e. The molecule has 1 aliphatic heterocycles. The van der Waals surface area contributed by atoms with Gasteiger partial charge in [0.05, 0.1) is 11.2 Å². The number of allylic oxidation sites excluding steroid dienone is 6. The summed E-state index contributed by atoms with van der Waals surface area (Å²) in [5, 5.41) is 0.426. The second kappa shape index (κ2) is 10.9. The van der Waals surface area contributed by atoms with Crippen molar-refractivity contribution >= 4 is 24.6 Å². The predicted molar refractivity (Wildman–Crippen MR) is 120 cm³/mol. The number of rotatable bonds is 5. The van der Waals surface area contributed by atoms with Crippen molar-refractivity contribution in [3.63, 3.8) is 0 Å². The van der Waals surface area contributed by atoms with Gasteiger partial charge in [-0.3, -0.25) is 4.79 Å². The zero-order valence-electron chi connectivity index (χ0n) is 18.9. The summed E-state index contributed by atoms with van der Waals surface area (Å²) in [7, 11) is 1.32. The van der Waals surface area contributed by atoms with Crippen molar-refractivity contribution in [3.05, 3.63) is 46.7 Å². The highest BCUT2D eigenvalue weighted by Crippen LogP contribution is 2.39. The van der Waals surface area contributed by atoms with Crippen molar-refractivity contribution < 1.29 is 14.1 Å². The maximum atomic E-state index is 10.8. The van der Waals surface area contributed by atoms with E-state index in [2.05, 4.69) is 19.6 Å². The summed E-state index contributed by atoms with van der Waals surface area (Å²) in [6.45, 7) is 19.1. The summed E-state index contributed by atoms with van der Waals surface area (Å²) >= 11 is 5.51. The van der Waals surface area contributed by atoms with E-state index in [1.165, 1.54) is 11.8 Å². The van der Waals surface area contributed by atoms with E-state index in [1.54, 1.807) is 26.2 Å². The Balaban J connectivity index is 0.000000576. The molecule has 0 saturated carbocycles. The van der Waals surface area contributed by atoms with E-state index >= 15 is 0 Å². The van der Waals surface area contributed by atoms with Gasteiger partial charge >= 0.3 is 7.12 Å². The number of amides is 1. The van der Waals surface area contributed by atoms with Crippen LogP contribution in [0, 0.1) is 0 Å². The Morgan fingerprint density at radius 3 is 1.96 bits per heavy atom. The third kappa shape index (κ3) is 7.49. The predicted octanol–water partition coefficient (Wildman–Crippen LogP) is 4.94. The van der Waals surface area contributed by atoms with Crippen molar-refractivity contribution in [1.82, 2.24) is 4.90 Å². The van der Waals surface area contributed by atoms with Gasteiger partial charge in [-0.05, 0) is 60.2 Å². The van der Waals surface area contributed by atoms with Crippen LogP contribution < -0.4 is 5.73 Å². The molecule has 1 amide bonds. The molecule has 1 rings (SSSR count). The van der Waals surface area contributed by atoms with E-state index in [0.717, 1.165) is 23.2 Å². The quantitative estimate of drug-likeness (QED) is 0.515. The summed E-state index contributed by atoms with van der Waals surface area (Å²) in [5.41, 5.74) is 7.89. The number of hydrogen-bond donors (Lipinski definition) is 1. The molecule has 1 heterocycles. The van der Waals surface area contributed by atoms with Gasteiger partial charge in [0.1, 0.15) is 0 Å². The van der Waals surface area contributed by atoms with E-state index in [0.29, 0.717) is 5.03 Å². The Labute approximate surface area is 176 Å². The standard InChI is InChI=1S/C13H24BNO2.C8H12ClNO/c1-7-8-10(2)11(9-15)14-16-12(3,4)13(5,6)17-14;1-6(9)5-7(2)10(4)8(3)11/h8-9H,7,15H2,1-6H3;5H,1H2,2-4H3/b10-8-,11-9+;7-5+. The number of hydrogen-bond acceptors (Lipinski definition) is 4. The summed E-state index contributed by atoms with van der Waals surface area (Å²) in [4.78, 5) is 12.3. The van der Waals surface area contributed by atoms with Crippen LogP contribution in [-0.4, -0.2) is 36.2 Å². The van der Waals surface area contributed by atoms with E-state index in [4.69, 9.17) is 26.6 Å². The van der Waals surface area contributed by atoms with E-state index in [9.17, 15) is 4.79 Å². The Morgan fingerprint density at radius 1 is 1.18 bits per heavy atom. The second-order valence-electron chi connectivity index (χ2n) is 7.82. The van der Waals surface area contributed by atoms with E-state index in [1.807, 2.05) is 34.6 Å². The van der Waals surface area contributed by atoms with Crippen LogP contribution in [-0.2, 0) is 14.1 Å². The van der Waals surface area contributed by atoms with Gasteiger partial charge in [-0.25, -0.2) is 0 Å². The molecule has 0 unspecified atom stereocenters. The molecule has 0 aromatic carbocycles. The molecule has 28 heavy (non-hydrogen) atoms. The average molecular weight is 411 g/mol. The lowest BCUT2D eigenvalue weighted by Crippen LogP contribution is -2.41. The number of halogens is 1. The molecule has 2 N–H and O–H groups in total. The molecule has 0 spiro atoms. The smallest absolute Gasteiger partial charge is 0.405 e. The molecule has 5 nitrogen and oxygen atoms in total. The first kappa shape index (κ1) is 26.5. The lowest BCUT2D eigenvalue weighted by Gasteiger charge is -2.32. The van der Waals surface area contributed by atoms with Crippen LogP contribution in [0.2, 0.25) is 0 Å². The van der Waals surface area contributed by atoms with Crippen LogP contribution in [0.25, 0.3) is 0 Å². The Kier molecular flexibility index (Phi) is 10.3. The van der Waals surface area contributed by atoms with Crippen molar-refractivity contribution in [3.8, 4) is 0 Å². The summed E-state index contributed by atoms with van der Waals surface area (Å²) in [6.07, 6.45) is 6.33.